The van der Waals surface area contributed by atoms with Crippen molar-refractivity contribution in [2.24, 2.45) is 11.8 Å². The van der Waals surface area contributed by atoms with E-state index in [4.69, 9.17) is 5.11 Å². The summed E-state index contributed by atoms with van der Waals surface area (Å²) in [5.74, 6) is -5.70. The fraction of sp³-hybridized carbons (Fsp3) is 0.529. The number of likely N-dealkylation sites (tertiary alicyclic amines) is 1. The lowest BCUT2D eigenvalue weighted by Gasteiger charge is -2.21. The molecule has 1 aliphatic heterocycles. The number of carboxylic acid groups (broad SMARTS) is 1. The monoisotopic (exact) mass is 343 g/mol. The smallest absolute Gasteiger partial charge is 0.394 e. The molecule has 0 saturated carbocycles. The van der Waals surface area contributed by atoms with Crippen LogP contribution in [0.5, 0.6) is 0 Å². The summed E-state index contributed by atoms with van der Waals surface area (Å²) in [7, 11) is 0. The fourth-order valence-electron chi connectivity index (χ4n) is 3.23. The van der Waals surface area contributed by atoms with E-state index in [9.17, 15) is 22.8 Å². The lowest BCUT2D eigenvalue weighted by molar-refractivity contribution is -0.188. The van der Waals surface area contributed by atoms with E-state index in [1.165, 1.54) is 0 Å². The van der Waals surface area contributed by atoms with E-state index in [1.807, 2.05) is 38.1 Å². The van der Waals surface area contributed by atoms with Crippen molar-refractivity contribution in [1.82, 2.24) is 4.90 Å². The Labute approximate surface area is 138 Å². The Morgan fingerprint density at radius 2 is 1.92 bits per heavy atom. The first-order chi connectivity index (χ1) is 11.1. The zero-order valence-corrected chi connectivity index (χ0v) is 13.5. The molecule has 1 N–H and O–H groups in total. The lowest BCUT2D eigenvalue weighted by atomic mass is 9.93. The molecular weight excluding hydrogens is 323 g/mol. The highest BCUT2D eigenvalue weighted by atomic mass is 19.4. The van der Waals surface area contributed by atoms with Gasteiger partial charge in [0.05, 0.1) is 11.8 Å². The summed E-state index contributed by atoms with van der Waals surface area (Å²) >= 11 is 0. The molecule has 0 bridgehead atoms. The van der Waals surface area contributed by atoms with Crippen LogP contribution in [0.3, 0.4) is 0 Å². The third-order valence-corrected chi connectivity index (χ3v) is 4.61. The van der Waals surface area contributed by atoms with Gasteiger partial charge in [-0.3, -0.25) is 9.59 Å². The molecule has 4 nitrogen and oxygen atoms in total. The Kier molecular flexibility index (Phi) is 5.20. The second-order valence-electron chi connectivity index (χ2n) is 6.35. The number of alkyl halides is 3. The van der Waals surface area contributed by atoms with Gasteiger partial charge in [-0.25, -0.2) is 0 Å². The normalized spacial score (nSPS) is 22.5. The quantitative estimate of drug-likeness (QED) is 0.913. The fourth-order valence-corrected chi connectivity index (χ4v) is 3.23. The highest BCUT2D eigenvalue weighted by molar-refractivity contribution is 5.79. The molecule has 7 heteroatoms. The number of carbonyl (C=O) groups excluding carboxylic acids is 1. The van der Waals surface area contributed by atoms with Crippen LogP contribution in [0.25, 0.3) is 0 Å². The van der Waals surface area contributed by atoms with E-state index in [0.717, 1.165) is 16.0 Å². The third kappa shape index (κ3) is 3.88. The number of nitrogens with zero attached hydrogens (tertiary/aromatic N) is 1. The predicted molar refractivity (Wildman–Crippen MR) is 81.5 cm³/mol. The number of hydrogen-bond acceptors (Lipinski definition) is 2. The van der Waals surface area contributed by atoms with Gasteiger partial charge in [0.15, 0.2) is 0 Å². The van der Waals surface area contributed by atoms with Crippen molar-refractivity contribution in [3.05, 3.63) is 35.4 Å². The molecule has 0 radical (unpaired) electrons. The highest BCUT2D eigenvalue weighted by Crippen LogP contribution is 2.38. The number of carbonyl (C=O) groups is 2. The van der Waals surface area contributed by atoms with Crippen molar-refractivity contribution in [2.75, 3.05) is 13.1 Å². The molecule has 0 spiro atoms. The van der Waals surface area contributed by atoms with Crippen LogP contribution in [-0.2, 0) is 9.59 Å². The van der Waals surface area contributed by atoms with Gasteiger partial charge in [0, 0.05) is 19.5 Å². The zero-order valence-electron chi connectivity index (χ0n) is 13.5. The largest absolute Gasteiger partial charge is 0.481 e. The minimum absolute atomic E-state index is 0.0573. The number of halogens is 3. The van der Waals surface area contributed by atoms with E-state index >= 15 is 0 Å². The number of benzene rings is 1. The van der Waals surface area contributed by atoms with Crippen molar-refractivity contribution in [3.8, 4) is 0 Å². The number of hydrogen-bond donors (Lipinski definition) is 1. The number of aryl methyl sites for hydroxylation is 1. The van der Waals surface area contributed by atoms with Crippen LogP contribution in [0.4, 0.5) is 13.2 Å². The molecule has 24 heavy (non-hydrogen) atoms. The average molecular weight is 343 g/mol. The van der Waals surface area contributed by atoms with Crippen molar-refractivity contribution >= 4 is 11.9 Å². The zero-order chi connectivity index (χ0) is 18.1. The van der Waals surface area contributed by atoms with Crippen LogP contribution in [-0.4, -0.2) is 41.1 Å². The van der Waals surface area contributed by atoms with Gasteiger partial charge in [-0.2, -0.15) is 13.2 Å². The Morgan fingerprint density at radius 1 is 1.29 bits per heavy atom. The van der Waals surface area contributed by atoms with Crippen molar-refractivity contribution < 1.29 is 27.9 Å². The molecule has 1 unspecified atom stereocenters. The number of rotatable bonds is 4. The molecule has 1 fully saturated rings. The van der Waals surface area contributed by atoms with Crippen LogP contribution in [0.15, 0.2) is 24.3 Å². The maximum Gasteiger partial charge on any atom is 0.394 e. The van der Waals surface area contributed by atoms with E-state index in [0.29, 0.717) is 0 Å². The van der Waals surface area contributed by atoms with Gasteiger partial charge in [-0.15, -0.1) is 0 Å². The maximum absolute atomic E-state index is 13.0. The molecule has 1 aliphatic rings. The minimum Gasteiger partial charge on any atom is -0.481 e. The molecular formula is C17H20F3NO3. The van der Waals surface area contributed by atoms with Crippen LogP contribution < -0.4 is 0 Å². The summed E-state index contributed by atoms with van der Waals surface area (Å²) in [6, 6.07) is 7.51. The number of aliphatic carboxylic acids is 1. The Morgan fingerprint density at radius 3 is 2.42 bits per heavy atom. The van der Waals surface area contributed by atoms with E-state index < -0.39 is 43.0 Å². The second kappa shape index (κ2) is 6.83. The summed E-state index contributed by atoms with van der Waals surface area (Å²) < 4.78 is 39.0. The van der Waals surface area contributed by atoms with Gasteiger partial charge in [0.25, 0.3) is 0 Å². The van der Waals surface area contributed by atoms with Gasteiger partial charge in [-0.1, -0.05) is 31.2 Å². The molecule has 1 amide bonds. The van der Waals surface area contributed by atoms with Gasteiger partial charge < -0.3 is 10.0 Å². The molecule has 0 aliphatic carbocycles. The molecule has 2 rings (SSSR count). The molecule has 1 aromatic rings. The first-order valence-corrected chi connectivity index (χ1v) is 7.74. The van der Waals surface area contributed by atoms with Crippen LogP contribution in [0.1, 0.15) is 30.4 Å². The average Bonchev–Trinajstić information content (AvgIpc) is 2.93. The number of amides is 1. The van der Waals surface area contributed by atoms with Gasteiger partial charge >= 0.3 is 12.1 Å². The Bertz CT molecular complexity index is 630. The minimum atomic E-state index is -4.63. The van der Waals surface area contributed by atoms with Crippen LogP contribution >= 0.6 is 0 Å². The van der Waals surface area contributed by atoms with Crippen molar-refractivity contribution in [3.63, 3.8) is 0 Å². The molecule has 3 atom stereocenters. The highest BCUT2D eigenvalue weighted by Gasteiger charge is 2.53. The molecule has 1 heterocycles. The van der Waals surface area contributed by atoms with Crippen LogP contribution in [0, 0.1) is 18.8 Å². The standard InChI is InChI=1S/C17H20F3NO3/c1-10-5-3-4-6-12(10)11(2)7-15(22)21-8-13(16(23)24)14(9-21)17(18,19)20/h3-6,11,13-14H,7-9H2,1-2H3,(H,23,24)/t11?,13-,14-/m1/s1. The second-order valence-corrected chi connectivity index (χ2v) is 6.35. The van der Waals surface area contributed by atoms with Gasteiger partial charge in [-0.05, 0) is 24.0 Å². The van der Waals surface area contributed by atoms with E-state index in [2.05, 4.69) is 0 Å². The first kappa shape index (κ1) is 18.3. The molecule has 0 aromatic heterocycles. The summed E-state index contributed by atoms with van der Waals surface area (Å²) in [5, 5.41) is 9.00. The first-order valence-electron chi connectivity index (χ1n) is 7.74. The SMILES string of the molecule is Cc1ccccc1C(C)CC(=O)N1C[C@@H](C(F)(F)F)[C@H](C(=O)O)C1. The Hall–Kier alpha value is -2.05. The predicted octanol–water partition coefficient (Wildman–Crippen LogP) is 3.21. The number of carboxylic acids is 1. The Balaban J connectivity index is 2.08. The topological polar surface area (TPSA) is 57.6 Å². The van der Waals surface area contributed by atoms with Crippen molar-refractivity contribution in [2.45, 2.75) is 32.4 Å². The van der Waals surface area contributed by atoms with Gasteiger partial charge in [0.2, 0.25) is 5.91 Å². The molecule has 1 saturated heterocycles. The van der Waals surface area contributed by atoms with E-state index in [1.54, 1.807) is 0 Å². The van der Waals surface area contributed by atoms with Gasteiger partial charge in [0.1, 0.15) is 0 Å². The summed E-state index contributed by atoms with van der Waals surface area (Å²) in [5.41, 5.74) is 1.98. The summed E-state index contributed by atoms with van der Waals surface area (Å²) in [4.78, 5) is 24.5. The molecule has 1 aromatic carbocycles. The summed E-state index contributed by atoms with van der Waals surface area (Å²) in [6.07, 6.45) is -4.57. The van der Waals surface area contributed by atoms with Crippen LogP contribution in [0.2, 0.25) is 0 Å². The molecule has 132 valence electrons. The lowest BCUT2D eigenvalue weighted by Crippen LogP contribution is -2.34. The van der Waals surface area contributed by atoms with Crippen molar-refractivity contribution in [1.29, 1.82) is 0 Å². The third-order valence-electron chi connectivity index (χ3n) is 4.61. The summed E-state index contributed by atoms with van der Waals surface area (Å²) in [6.45, 7) is 2.77. The van der Waals surface area contributed by atoms with E-state index in [-0.39, 0.29) is 12.3 Å². The maximum atomic E-state index is 13.0.